The molecule has 0 saturated carbocycles. The summed E-state index contributed by atoms with van der Waals surface area (Å²) in [6.45, 7) is 0.957. The fourth-order valence-electron chi connectivity index (χ4n) is 1.84. The Hall–Kier alpha value is -1.40. The molecular formula is C12H15NO4S. The highest BCUT2D eigenvalue weighted by atomic mass is 32.2. The Morgan fingerprint density at radius 2 is 1.78 bits per heavy atom. The van der Waals surface area contributed by atoms with Crippen molar-refractivity contribution in [2.75, 3.05) is 19.7 Å². The Morgan fingerprint density at radius 1 is 1.17 bits per heavy atom. The predicted molar refractivity (Wildman–Crippen MR) is 65.4 cm³/mol. The van der Waals surface area contributed by atoms with Gasteiger partial charge in [0.15, 0.2) is 0 Å². The van der Waals surface area contributed by atoms with E-state index in [-0.39, 0.29) is 10.8 Å². The molecule has 18 heavy (non-hydrogen) atoms. The maximum Gasteiger partial charge on any atom is 0.297 e. The van der Waals surface area contributed by atoms with Gasteiger partial charge in [0.1, 0.15) is 6.61 Å². The van der Waals surface area contributed by atoms with Gasteiger partial charge in [-0.3, -0.25) is 8.98 Å². The second kappa shape index (κ2) is 5.49. The van der Waals surface area contributed by atoms with Crippen molar-refractivity contribution >= 4 is 16.0 Å². The molecular weight excluding hydrogens is 254 g/mol. The standard InChI is InChI=1S/C12H15NO4S/c14-12(13-8-4-5-9-13)10-17-18(15,16)11-6-2-1-3-7-11/h1-3,6-7H,4-5,8-10H2. The number of amides is 1. The van der Waals surface area contributed by atoms with E-state index in [1.54, 1.807) is 23.1 Å². The largest absolute Gasteiger partial charge is 0.341 e. The molecule has 5 nitrogen and oxygen atoms in total. The predicted octanol–water partition coefficient (Wildman–Crippen LogP) is 1.01. The number of benzene rings is 1. The maximum atomic E-state index is 11.8. The molecule has 0 N–H and O–H groups in total. The van der Waals surface area contributed by atoms with Crippen LogP contribution in [0.2, 0.25) is 0 Å². The summed E-state index contributed by atoms with van der Waals surface area (Å²) < 4.78 is 28.3. The molecule has 0 spiro atoms. The molecule has 0 radical (unpaired) electrons. The molecule has 1 aromatic rings. The first kappa shape index (κ1) is 13.0. The van der Waals surface area contributed by atoms with Gasteiger partial charge in [0.2, 0.25) is 5.91 Å². The molecule has 2 rings (SSSR count). The number of carbonyl (C=O) groups is 1. The minimum absolute atomic E-state index is 0.0687. The maximum absolute atomic E-state index is 11.8. The molecule has 98 valence electrons. The summed E-state index contributed by atoms with van der Waals surface area (Å²) in [5, 5.41) is 0. The van der Waals surface area contributed by atoms with E-state index < -0.39 is 16.7 Å². The lowest BCUT2D eigenvalue weighted by atomic mass is 10.4. The summed E-state index contributed by atoms with van der Waals surface area (Å²) in [4.78, 5) is 13.4. The minimum atomic E-state index is -3.83. The van der Waals surface area contributed by atoms with Gasteiger partial charge >= 0.3 is 0 Å². The van der Waals surface area contributed by atoms with Crippen molar-refractivity contribution in [2.24, 2.45) is 0 Å². The highest BCUT2D eigenvalue weighted by Crippen LogP contribution is 2.12. The molecule has 1 fully saturated rings. The molecule has 0 bridgehead atoms. The van der Waals surface area contributed by atoms with Crippen LogP contribution in [0.3, 0.4) is 0 Å². The molecule has 6 heteroatoms. The lowest BCUT2D eigenvalue weighted by Gasteiger charge is -2.14. The Morgan fingerprint density at radius 3 is 2.39 bits per heavy atom. The zero-order valence-electron chi connectivity index (χ0n) is 9.91. The SMILES string of the molecule is O=C(COS(=O)(=O)c1ccccc1)N1CCCC1. The van der Waals surface area contributed by atoms with Crippen molar-refractivity contribution < 1.29 is 17.4 Å². The van der Waals surface area contributed by atoms with Crippen LogP contribution in [-0.4, -0.2) is 38.9 Å². The fraction of sp³-hybridized carbons (Fsp3) is 0.417. The van der Waals surface area contributed by atoms with E-state index in [0.717, 1.165) is 12.8 Å². The fourth-order valence-corrected chi connectivity index (χ4v) is 2.72. The highest BCUT2D eigenvalue weighted by Gasteiger charge is 2.21. The third kappa shape index (κ3) is 3.08. The number of likely N-dealkylation sites (tertiary alicyclic amines) is 1. The first-order chi connectivity index (χ1) is 8.59. The molecule has 0 atom stereocenters. The molecule has 1 aliphatic heterocycles. The van der Waals surface area contributed by atoms with Crippen LogP contribution in [0, 0.1) is 0 Å². The normalized spacial score (nSPS) is 15.9. The van der Waals surface area contributed by atoms with Gasteiger partial charge < -0.3 is 4.90 Å². The van der Waals surface area contributed by atoms with E-state index >= 15 is 0 Å². The van der Waals surface area contributed by atoms with Crippen LogP contribution in [0.25, 0.3) is 0 Å². The smallest absolute Gasteiger partial charge is 0.297 e. The third-order valence-electron chi connectivity index (χ3n) is 2.83. The number of nitrogens with zero attached hydrogens (tertiary/aromatic N) is 1. The van der Waals surface area contributed by atoms with Gasteiger partial charge in [0, 0.05) is 13.1 Å². The zero-order chi connectivity index (χ0) is 13.0. The van der Waals surface area contributed by atoms with Crippen molar-refractivity contribution in [3.05, 3.63) is 30.3 Å². The van der Waals surface area contributed by atoms with Gasteiger partial charge in [-0.2, -0.15) is 8.42 Å². The summed E-state index contributed by atoms with van der Waals surface area (Å²) in [6, 6.07) is 7.82. The van der Waals surface area contributed by atoms with Crippen LogP contribution >= 0.6 is 0 Å². The third-order valence-corrected chi connectivity index (χ3v) is 4.11. The topological polar surface area (TPSA) is 63.7 Å². The van der Waals surface area contributed by atoms with Crippen molar-refractivity contribution in [3.8, 4) is 0 Å². The molecule has 1 saturated heterocycles. The number of hydrogen-bond donors (Lipinski definition) is 0. The van der Waals surface area contributed by atoms with Gasteiger partial charge in [0.05, 0.1) is 4.90 Å². The molecule has 1 aromatic carbocycles. The van der Waals surface area contributed by atoms with Crippen LogP contribution in [-0.2, 0) is 19.1 Å². The summed E-state index contributed by atoms with van der Waals surface area (Å²) >= 11 is 0. The van der Waals surface area contributed by atoms with Gasteiger partial charge in [-0.1, -0.05) is 18.2 Å². The molecule has 0 aromatic heterocycles. The van der Waals surface area contributed by atoms with Gasteiger partial charge in [-0.15, -0.1) is 0 Å². The van der Waals surface area contributed by atoms with E-state index in [9.17, 15) is 13.2 Å². The molecule has 1 heterocycles. The van der Waals surface area contributed by atoms with E-state index in [2.05, 4.69) is 0 Å². The summed E-state index contributed by atoms with van der Waals surface area (Å²) in [7, 11) is -3.83. The molecule has 1 amide bonds. The van der Waals surface area contributed by atoms with Crippen molar-refractivity contribution in [3.63, 3.8) is 0 Å². The average molecular weight is 269 g/mol. The minimum Gasteiger partial charge on any atom is -0.341 e. The Balaban J connectivity index is 1.95. The van der Waals surface area contributed by atoms with Crippen molar-refractivity contribution in [1.29, 1.82) is 0 Å². The van der Waals surface area contributed by atoms with E-state index in [0.29, 0.717) is 13.1 Å². The van der Waals surface area contributed by atoms with Crippen LogP contribution in [0.1, 0.15) is 12.8 Å². The van der Waals surface area contributed by atoms with Gasteiger partial charge in [0.25, 0.3) is 10.1 Å². The summed E-state index contributed by atoms with van der Waals surface area (Å²) in [5.74, 6) is -0.271. The van der Waals surface area contributed by atoms with Gasteiger partial charge in [-0.25, -0.2) is 0 Å². The van der Waals surface area contributed by atoms with Crippen LogP contribution < -0.4 is 0 Å². The van der Waals surface area contributed by atoms with E-state index in [1.807, 2.05) is 0 Å². The molecule has 0 unspecified atom stereocenters. The highest BCUT2D eigenvalue weighted by molar-refractivity contribution is 7.86. The number of rotatable bonds is 4. The van der Waals surface area contributed by atoms with E-state index in [4.69, 9.17) is 4.18 Å². The second-order valence-electron chi connectivity index (χ2n) is 4.12. The van der Waals surface area contributed by atoms with E-state index in [1.165, 1.54) is 12.1 Å². The van der Waals surface area contributed by atoms with Crippen molar-refractivity contribution in [2.45, 2.75) is 17.7 Å². The average Bonchev–Trinajstić information content (AvgIpc) is 2.91. The number of carbonyl (C=O) groups excluding carboxylic acids is 1. The first-order valence-corrected chi connectivity index (χ1v) is 7.23. The van der Waals surface area contributed by atoms with Crippen LogP contribution in [0.5, 0.6) is 0 Å². The number of hydrogen-bond acceptors (Lipinski definition) is 4. The monoisotopic (exact) mass is 269 g/mol. The van der Waals surface area contributed by atoms with Crippen LogP contribution in [0.15, 0.2) is 35.2 Å². The Labute approximate surface area is 106 Å². The quantitative estimate of drug-likeness (QED) is 0.765. The Bertz CT molecular complexity index is 506. The Kier molecular flexibility index (Phi) is 3.98. The first-order valence-electron chi connectivity index (χ1n) is 5.82. The van der Waals surface area contributed by atoms with Crippen molar-refractivity contribution in [1.82, 2.24) is 4.90 Å². The second-order valence-corrected chi connectivity index (χ2v) is 5.73. The van der Waals surface area contributed by atoms with Gasteiger partial charge in [-0.05, 0) is 25.0 Å². The molecule has 1 aliphatic rings. The summed E-state index contributed by atoms with van der Waals surface area (Å²) in [5.41, 5.74) is 0. The zero-order valence-corrected chi connectivity index (χ0v) is 10.7. The van der Waals surface area contributed by atoms with Crippen LogP contribution in [0.4, 0.5) is 0 Å². The lowest BCUT2D eigenvalue weighted by Crippen LogP contribution is -2.32. The lowest BCUT2D eigenvalue weighted by molar-refractivity contribution is -0.132. The molecule has 0 aliphatic carbocycles. The summed E-state index contributed by atoms with van der Waals surface area (Å²) in [6.07, 6.45) is 1.94.